The molecule has 3 atom stereocenters. The molecule has 1 fully saturated rings. The van der Waals surface area contributed by atoms with Crippen LogP contribution in [0.1, 0.15) is 19.6 Å². The van der Waals surface area contributed by atoms with E-state index in [4.69, 9.17) is 22.1 Å². The summed E-state index contributed by atoms with van der Waals surface area (Å²) in [5.41, 5.74) is 6.63. The number of aromatic nitrogens is 4. The summed E-state index contributed by atoms with van der Waals surface area (Å²) < 4.78 is 7.27. The molecule has 7 nitrogen and oxygen atoms in total. The molecule has 1 aliphatic heterocycles. The number of fused-ring (bicyclic) bond motifs is 1. The molecule has 0 aliphatic carbocycles. The number of nitrogens with zero attached hydrogens (tertiary/aromatic N) is 4. The van der Waals surface area contributed by atoms with E-state index in [0.717, 1.165) is 0 Å². The molecule has 96 valence electrons. The normalized spacial score (nSPS) is 28.1. The third kappa shape index (κ3) is 1.71. The first-order chi connectivity index (χ1) is 8.56. The molecule has 0 saturated carbocycles. The van der Waals surface area contributed by atoms with Crippen LogP contribution in [-0.4, -0.2) is 36.8 Å². The first kappa shape index (κ1) is 11.6. The van der Waals surface area contributed by atoms with Crippen LogP contribution in [0.5, 0.6) is 0 Å². The lowest BCUT2D eigenvalue weighted by Crippen LogP contribution is -2.19. The van der Waals surface area contributed by atoms with E-state index in [0.29, 0.717) is 17.6 Å². The zero-order valence-corrected chi connectivity index (χ0v) is 10.4. The summed E-state index contributed by atoms with van der Waals surface area (Å²) >= 11 is 5.78. The fourth-order valence-corrected chi connectivity index (χ4v) is 2.36. The van der Waals surface area contributed by atoms with Gasteiger partial charge in [-0.15, -0.1) is 0 Å². The number of nitrogens with two attached hydrogens (primary N) is 1. The summed E-state index contributed by atoms with van der Waals surface area (Å²) in [5, 5.41) is 9.99. The van der Waals surface area contributed by atoms with Crippen molar-refractivity contribution in [3.8, 4) is 0 Å². The largest absolute Gasteiger partial charge is 0.388 e. The first-order valence-corrected chi connectivity index (χ1v) is 5.93. The number of anilines is 1. The molecule has 0 spiro atoms. The third-order valence-electron chi connectivity index (χ3n) is 2.97. The average molecular weight is 270 g/mol. The number of halogens is 1. The second-order valence-electron chi connectivity index (χ2n) is 4.34. The Morgan fingerprint density at radius 3 is 3.00 bits per heavy atom. The van der Waals surface area contributed by atoms with Gasteiger partial charge in [-0.2, -0.15) is 9.97 Å². The van der Waals surface area contributed by atoms with Crippen molar-refractivity contribution in [3.05, 3.63) is 11.6 Å². The first-order valence-electron chi connectivity index (χ1n) is 5.55. The molecule has 3 unspecified atom stereocenters. The minimum atomic E-state index is -0.604. The van der Waals surface area contributed by atoms with Crippen molar-refractivity contribution in [2.75, 3.05) is 5.73 Å². The maximum absolute atomic E-state index is 9.95. The van der Waals surface area contributed by atoms with Crippen LogP contribution in [0.2, 0.25) is 5.28 Å². The Morgan fingerprint density at radius 1 is 1.56 bits per heavy atom. The van der Waals surface area contributed by atoms with Gasteiger partial charge in [-0.25, -0.2) is 4.98 Å². The number of nitrogen functional groups attached to an aromatic ring is 1. The van der Waals surface area contributed by atoms with Crippen molar-refractivity contribution in [3.63, 3.8) is 0 Å². The van der Waals surface area contributed by atoms with E-state index in [9.17, 15) is 5.11 Å². The van der Waals surface area contributed by atoms with Crippen molar-refractivity contribution in [2.45, 2.75) is 31.8 Å². The third-order valence-corrected chi connectivity index (χ3v) is 3.14. The minimum Gasteiger partial charge on any atom is -0.388 e. The van der Waals surface area contributed by atoms with Crippen molar-refractivity contribution >= 4 is 28.6 Å². The molecule has 3 rings (SSSR count). The van der Waals surface area contributed by atoms with Gasteiger partial charge in [0.2, 0.25) is 5.28 Å². The number of hydrogen-bond donors (Lipinski definition) is 2. The van der Waals surface area contributed by atoms with E-state index in [1.54, 1.807) is 4.57 Å². The maximum Gasteiger partial charge on any atom is 0.226 e. The lowest BCUT2D eigenvalue weighted by atomic mass is 10.2. The Hall–Kier alpha value is -1.44. The summed E-state index contributed by atoms with van der Waals surface area (Å²) in [7, 11) is 0. The molecule has 3 N–H and O–H groups in total. The summed E-state index contributed by atoms with van der Waals surface area (Å²) in [6.45, 7) is 1.90. The number of aliphatic hydroxyl groups excluding tert-OH is 1. The zero-order valence-electron chi connectivity index (χ0n) is 9.62. The van der Waals surface area contributed by atoms with Crippen LogP contribution in [-0.2, 0) is 4.74 Å². The van der Waals surface area contributed by atoms with E-state index in [1.807, 2.05) is 6.92 Å². The Bertz CT molecular complexity index is 601. The van der Waals surface area contributed by atoms with Gasteiger partial charge in [0.1, 0.15) is 11.6 Å². The predicted octanol–water partition coefficient (Wildman–Crippen LogP) is 0.730. The van der Waals surface area contributed by atoms with Crippen LogP contribution in [0.3, 0.4) is 0 Å². The number of ether oxygens (including phenoxy) is 1. The van der Waals surface area contributed by atoms with Gasteiger partial charge in [0.25, 0.3) is 0 Å². The highest BCUT2D eigenvalue weighted by Gasteiger charge is 2.34. The highest BCUT2D eigenvalue weighted by Crippen LogP contribution is 2.31. The number of hydrogen-bond acceptors (Lipinski definition) is 6. The van der Waals surface area contributed by atoms with Crippen LogP contribution < -0.4 is 5.73 Å². The Kier molecular flexibility index (Phi) is 2.61. The van der Waals surface area contributed by atoms with Crippen molar-refractivity contribution in [1.82, 2.24) is 19.5 Å². The standard InChI is InChI=1S/C10H12ClN5O2/c1-4-2-5(17)9(18-4)16-3-13-6-7(12)14-10(11)15-8(6)16/h3-5,9,17H,2H2,1H3,(H2,12,14,15). The molecule has 0 aromatic carbocycles. The van der Waals surface area contributed by atoms with E-state index in [2.05, 4.69) is 15.0 Å². The SMILES string of the molecule is CC1CC(O)C(n2cnc3c(N)nc(Cl)nc32)O1. The molecule has 1 aliphatic rings. The molecular formula is C10H12ClN5O2. The van der Waals surface area contributed by atoms with Gasteiger partial charge >= 0.3 is 0 Å². The molecule has 2 aromatic rings. The van der Waals surface area contributed by atoms with E-state index in [-0.39, 0.29) is 17.2 Å². The Labute approximate surface area is 108 Å². The zero-order chi connectivity index (χ0) is 12.9. The molecular weight excluding hydrogens is 258 g/mol. The lowest BCUT2D eigenvalue weighted by Gasteiger charge is -2.16. The average Bonchev–Trinajstić information content (AvgIpc) is 2.82. The molecule has 0 radical (unpaired) electrons. The number of imidazole rings is 1. The Balaban J connectivity index is 2.13. The molecule has 1 saturated heterocycles. The van der Waals surface area contributed by atoms with E-state index in [1.165, 1.54) is 6.33 Å². The van der Waals surface area contributed by atoms with E-state index >= 15 is 0 Å². The fourth-order valence-electron chi connectivity index (χ4n) is 2.19. The second kappa shape index (κ2) is 4.04. The van der Waals surface area contributed by atoms with Crippen LogP contribution in [0.4, 0.5) is 5.82 Å². The fraction of sp³-hybridized carbons (Fsp3) is 0.500. The highest BCUT2D eigenvalue weighted by molar-refractivity contribution is 6.28. The van der Waals surface area contributed by atoms with E-state index < -0.39 is 12.3 Å². The van der Waals surface area contributed by atoms with Crippen molar-refractivity contribution < 1.29 is 9.84 Å². The predicted molar refractivity (Wildman–Crippen MR) is 65.0 cm³/mol. The van der Waals surface area contributed by atoms with Crippen LogP contribution in [0.25, 0.3) is 11.2 Å². The minimum absolute atomic E-state index is 0.0166. The van der Waals surface area contributed by atoms with Gasteiger partial charge in [-0.05, 0) is 18.5 Å². The van der Waals surface area contributed by atoms with Gasteiger partial charge < -0.3 is 15.6 Å². The molecule has 18 heavy (non-hydrogen) atoms. The summed E-state index contributed by atoms with van der Waals surface area (Å²) in [5.74, 6) is 0.212. The van der Waals surface area contributed by atoms with Crippen molar-refractivity contribution in [1.29, 1.82) is 0 Å². The number of rotatable bonds is 1. The van der Waals surface area contributed by atoms with Crippen LogP contribution in [0, 0.1) is 0 Å². The van der Waals surface area contributed by atoms with Crippen LogP contribution >= 0.6 is 11.6 Å². The Morgan fingerprint density at radius 2 is 2.33 bits per heavy atom. The second-order valence-corrected chi connectivity index (χ2v) is 4.68. The van der Waals surface area contributed by atoms with Gasteiger partial charge in [-0.1, -0.05) is 0 Å². The summed E-state index contributed by atoms with van der Waals surface area (Å²) in [4.78, 5) is 12.0. The molecule has 2 aromatic heterocycles. The summed E-state index contributed by atoms with van der Waals surface area (Å²) in [6, 6.07) is 0. The molecule has 3 heterocycles. The molecule has 0 amide bonds. The topological polar surface area (TPSA) is 99.1 Å². The van der Waals surface area contributed by atoms with Crippen molar-refractivity contribution in [2.24, 2.45) is 0 Å². The molecule has 0 bridgehead atoms. The maximum atomic E-state index is 9.95. The summed E-state index contributed by atoms with van der Waals surface area (Å²) in [6.07, 6.45) is 0.955. The van der Waals surface area contributed by atoms with Crippen LogP contribution in [0.15, 0.2) is 6.33 Å². The number of aliphatic hydroxyl groups is 1. The lowest BCUT2D eigenvalue weighted by molar-refractivity contribution is -0.0297. The monoisotopic (exact) mass is 269 g/mol. The van der Waals surface area contributed by atoms with Gasteiger partial charge in [0.05, 0.1) is 12.4 Å². The smallest absolute Gasteiger partial charge is 0.226 e. The molecule has 8 heteroatoms. The quantitative estimate of drug-likeness (QED) is 0.741. The van der Waals surface area contributed by atoms with Gasteiger partial charge in [0, 0.05) is 6.42 Å². The van der Waals surface area contributed by atoms with Gasteiger partial charge in [-0.3, -0.25) is 4.57 Å². The van der Waals surface area contributed by atoms with Gasteiger partial charge in [0.15, 0.2) is 17.7 Å². The highest BCUT2D eigenvalue weighted by atomic mass is 35.5.